The van der Waals surface area contributed by atoms with Crippen LogP contribution in [-0.4, -0.2) is 30.7 Å². The highest BCUT2D eigenvalue weighted by atomic mass is 79.9. The summed E-state index contributed by atoms with van der Waals surface area (Å²) in [6.07, 6.45) is 0. The first kappa shape index (κ1) is 11.9. The van der Waals surface area contributed by atoms with Crippen LogP contribution >= 0.6 is 15.9 Å². The van der Waals surface area contributed by atoms with E-state index in [2.05, 4.69) is 20.9 Å². The normalized spacial score (nSPS) is 11.3. The topological polar surface area (TPSA) is 32.7 Å². The molecular formula is C11H13BrN2O. The van der Waals surface area contributed by atoms with Crippen LogP contribution in [-0.2, 0) is 4.79 Å². The highest BCUT2D eigenvalue weighted by Crippen LogP contribution is 2.13. The summed E-state index contributed by atoms with van der Waals surface area (Å²) < 4.78 is 0.970. The van der Waals surface area contributed by atoms with E-state index in [0.717, 1.165) is 10.0 Å². The fourth-order valence-corrected chi connectivity index (χ4v) is 1.60. The van der Waals surface area contributed by atoms with E-state index in [1.807, 2.05) is 43.3 Å². The molecular weight excluding hydrogens is 256 g/mol. The van der Waals surface area contributed by atoms with Crippen LogP contribution in [0.1, 0.15) is 12.5 Å². The van der Waals surface area contributed by atoms with Gasteiger partial charge in [0.25, 0.3) is 0 Å². The maximum absolute atomic E-state index is 11.0. The Morgan fingerprint density at radius 3 is 2.53 bits per heavy atom. The number of hydrogen-bond donors (Lipinski definition) is 0. The number of aliphatic imine (C=N–C) groups is 1. The van der Waals surface area contributed by atoms with Crippen molar-refractivity contribution in [3.8, 4) is 0 Å². The molecule has 0 aliphatic heterocycles. The van der Waals surface area contributed by atoms with Gasteiger partial charge in [-0.15, -0.1) is 0 Å². The van der Waals surface area contributed by atoms with E-state index in [-0.39, 0.29) is 5.91 Å². The first-order chi connectivity index (χ1) is 7.00. The van der Waals surface area contributed by atoms with Gasteiger partial charge in [-0.1, -0.05) is 28.1 Å². The van der Waals surface area contributed by atoms with Crippen LogP contribution in [0.3, 0.4) is 0 Å². The van der Waals surface area contributed by atoms with E-state index in [9.17, 15) is 4.79 Å². The zero-order valence-corrected chi connectivity index (χ0v) is 10.6. The fraction of sp³-hybridized carbons (Fsp3) is 0.273. The molecule has 1 aromatic carbocycles. The molecule has 0 aliphatic rings. The Balaban J connectivity index is 3.16. The van der Waals surface area contributed by atoms with Gasteiger partial charge < -0.3 is 4.90 Å². The molecule has 1 rings (SSSR count). The van der Waals surface area contributed by atoms with Crippen molar-refractivity contribution in [3.63, 3.8) is 0 Å². The molecule has 0 bridgehead atoms. The number of nitrogens with zero attached hydrogens (tertiary/aromatic N) is 2. The van der Waals surface area contributed by atoms with Gasteiger partial charge in [0.05, 0.1) is 0 Å². The van der Waals surface area contributed by atoms with Crippen molar-refractivity contribution in [3.05, 3.63) is 34.3 Å². The van der Waals surface area contributed by atoms with Gasteiger partial charge >= 0.3 is 0 Å². The summed E-state index contributed by atoms with van der Waals surface area (Å²) in [6.45, 7) is 1.45. The zero-order valence-electron chi connectivity index (χ0n) is 8.99. The molecule has 0 saturated heterocycles. The average molecular weight is 269 g/mol. The summed E-state index contributed by atoms with van der Waals surface area (Å²) in [5, 5.41) is 0. The molecule has 0 atom stereocenters. The molecule has 0 unspecified atom stereocenters. The third-order valence-corrected chi connectivity index (χ3v) is 2.26. The minimum Gasteiger partial charge on any atom is -0.362 e. The van der Waals surface area contributed by atoms with E-state index < -0.39 is 0 Å². The highest BCUT2D eigenvalue weighted by molar-refractivity contribution is 9.10. The number of amidine groups is 1. The van der Waals surface area contributed by atoms with Gasteiger partial charge in [0.15, 0.2) is 0 Å². The zero-order chi connectivity index (χ0) is 11.4. The summed E-state index contributed by atoms with van der Waals surface area (Å²) >= 11 is 3.39. The maximum atomic E-state index is 11.0. The molecule has 1 amide bonds. The van der Waals surface area contributed by atoms with Gasteiger partial charge in [-0.2, -0.15) is 4.99 Å². The van der Waals surface area contributed by atoms with Crippen LogP contribution in [0.15, 0.2) is 33.7 Å². The fourth-order valence-electron chi connectivity index (χ4n) is 1.20. The number of carbonyl (C=O) groups excluding carboxylic acids is 1. The van der Waals surface area contributed by atoms with Crippen LogP contribution in [0.4, 0.5) is 0 Å². The van der Waals surface area contributed by atoms with Crippen molar-refractivity contribution in [2.75, 3.05) is 14.1 Å². The predicted octanol–water partition coefficient (Wildman–Crippen LogP) is 2.30. The highest BCUT2D eigenvalue weighted by Gasteiger charge is 2.07. The second-order valence-electron chi connectivity index (χ2n) is 3.36. The Labute approximate surface area is 97.9 Å². The number of carbonyl (C=O) groups is 1. The quantitative estimate of drug-likeness (QED) is 0.579. The van der Waals surface area contributed by atoms with Crippen molar-refractivity contribution in [2.24, 2.45) is 4.99 Å². The lowest BCUT2D eigenvalue weighted by atomic mass is 10.2. The second-order valence-corrected chi connectivity index (χ2v) is 4.27. The van der Waals surface area contributed by atoms with E-state index in [0.29, 0.717) is 5.84 Å². The van der Waals surface area contributed by atoms with E-state index in [4.69, 9.17) is 0 Å². The Kier molecular flexibility index (Phi) is 4.03. The monoisotopic (exact) mass is 268 g/mol. The van der Waals surface area contributed by atoms with Crippen LogP contribution < -0.4 is 0 Å². The number of halogens is 1. The summed E-state index contributed by atoms with van der Waals surface area (Å²) in [7, 11) is 3.73. The first-order valence-corrected chi connectivity index (χ1v) is 5.32. The Bertz CT molecular complexity index is 399. The largest absolute Gasteiger partial charge is 0.362 e. The van der Waals surface area contributed by atoms with Gasteiger partial charge in [-0.3, -0.25) is 4.79 Å². The van der Waals surface area contributed by atoms with Crippen LogP contribution in [0.5, 0.6) is 0 Å². The molecule has 15 heavy (non-hydrogen) atoms. The van der Waals surface area contributed by atoms with Gasteiger partial charge in [0.1, 0.15) is 5.84 Å². The lowest BCUT2D eigenvalue weighted by Gasteiger charge is -2.15. The Morgan fingerprint density at radius 1 is 1.40 bits per heavy atom. The van der Waals surface area contributed by atoms with Gasteiger partial charge in [0.2, 0.25) is 5.91 Å². The molecule has 0 radical (unpaired) electrons. The van der Waals surface area contributed by atoms with Crippen molar-refractivity contribution in [1.29, 1.82) is 0 Å². The molecule has 0 aromatic heterocycles. The van der Waals surface area contributed by atoms with Crippen LogP contribution in [0.2, 0.25) is 0 Å². The van der Waals surface area contributed by atoms with Crippen LogP contribution in [0, 0.1) is 0 Å². The van der Waals surface area contributed by atoms with Crippen molar-refractivity contribution >= 4 is 27.7 Å². The minimum absolute atomic E-state index is 0.196. The molecule has 80 valence electrons. The number of rotatable bonds is 1. The number of benzene rings is 1. The lowest BCUT2D eigenvalue weighted by molar-refractivity contribution is -0.115. The average Bonchev–Trinajstić information content (AvgIpc) is 2.13. The van der Waals surface area contributed by atoms with E-state index >= 15 is 0 Å². The molecule has 0 aliphatic carbocycles. The standard InChI is InChI=1S/C11H13BrN2O/c1-8(15)13-11(14(2)3)9-5-4-6-10(12)7-9/h4-7H,1-3H3. The third-order valence-electron chi connectivity index (χ3n) is 1.77. The molecule has 1 aromatic rings. The Hall–Kier alpha value is -1.16. The van der Waals surface area contributed by atoms with E-state index in [1.165, 1.54) is 6.92 Å². The number of amides is 1. The smallest absolute Gasteiger partial charge is 0.244 e. The maximum Gasteiger partial charge on any atom is 0.244 e. The third kappa shape index (κ3) is 3.47. The van der Waals surface area contributed by atoms with Crippen molar-refractivity contribution < 1.29 is 4.79 Å². The molecule has 4 heteroatoms. The molecule has 0 fully saturated rings. The molecule has 0 saturated carbocycles. The minimum atomic E-state index is -0.196. The summed E-state index contributed by atoms with van der Waals surface area (Å²) in [6, 6.07) is 7.71. The van der Waals surface area contributed by atoms with Gasteiger partial charge in [0, 0.05) is 31.1 Å². The van der Waals surface area contributed by atoms with Gasteiger partial charge in [-0.25, -0.2) is 0 Å². The summed E-state index contributed by atoms with van der Waals surface area (Å²) in [5.74, 6) is 0.475. The second kappa shape index (κ2) is 5.07. The SMILES string of the molecule is CC(=O)N=C(c1cccc(Br)c1)N(C)C. The lowest BCUT2D eigenvalue weighted by Crippen LogP contribution is -2.24. The summed E-state index contributed by atoms with van der Waals surface area (Å²) in [5.41, 5.74) is 0.921. The van der Waals surface area contributed by atoms with Crippen molar-refractivity contribution in [1.82, 2.24) is 4.90 Å². The summed E-state index contributed by atoms with van der Waals surface area (Å²) in [4.78, 5) is 16.8. The van der Waals surface area contributed by atoms with Crippen LogP contribution in [0.25, 0.3) is 0 Å². The van der Waals surface area contributed by atoms with E-state index in [1.54, 1.807) is 0 Å². The Morgan fingerprint density at radius 2 is 2.07 bits per heavy atom. The predicted molar refractivity (Wildman–Crippen MR) is 65.0 cm³/mol. The van der Waals surface area contributed by atoms with Gasteiger partial charge in [-0.05, 0) is 12.1 Å². The first-order valence-electron chi connectivity index (χ1n) is 4.53. The molecule has 3 nitrogen and oxygen atoms in total. The molecule has 0 heterocycles. The molecule has 0 spiro atoms. The molecule has 0 N–H and O–H groups in total. The number of hydrogen-bond acceptors (Lipinski definition) is 1. The van der Waals surface area contributed by atoms with Crippen molar-refractivity contribution in [2.45, 2.75) is 6.92 Å².